The Labute approximate surface area is 688 Å². The second-order valence-electron chi connectivity index (χ2n) is 36.2. The summed E-state index contributed by atoms with van der Waals surface area (Å²) in [4.78, 5) is 120. The van der Waals surface area contributed by atoms with Crippen LogP contribution in [0.1, 0.15) is 246 Å². The van der Waals surface area contributed by atoms with Crippen LogP contribution in [0, 0.1) is 47.3 Å². The fraction of sp³-hybridized carbons (Fsp3) is 0.912. The highest BCUT2D eigenvalue weighted by atomic mass is 16.5. The molecule has 0 aromatic carbocycles. The molecule has 8 heterocycles. The first-order valence-electron chi connectivity index (χ1n) is 45.5. The minimum Gasteiger partial charge on any atom is -0.379 e. The molecule has 8 fully saturated rings. The molecule has 0 aliphatic carbocycles. The Morgan fingerprint density at radius 1 is 0.205 bits per heavy atom. The van der Waals surface area contributed by atoms with E-state index >= 15 is 0 Å². The summed E-state index contributed by atoms with van der Waals surface area (Å²) in [5.41, 5.74) is 0. The molecule has 0 saturated carbocycles. The number of hydrogen-bond acceptors (Lipinski definition) is 21. The number of likely N-dealkylation sites (N-methyl/N-ethyl adjacent to an activating group) is 4. The molecule has 112 heavy (non-hydrogen) atoms. The standard InChI is InChI=1S/C13H26N2O.C12H24N2O.C12H23NO2.C12H23NO.C11H22N2O.C11H21NO.C10H20N2O.C10H19NO/c1-12(2)13(16)6-4-5-7-15-10-8-14(3)9-11-15;1-11(2)12(15)5-4-6-14-9-7-13(3)8-10-14;1-11(2)12(14)5-3-4-6-13-7-9-15-10-8-13;1-11(2)12(14)7-6-10-13-8-4-3-5-9-13;1-10(2)11(14)4-5-13-8-6-12(3)7-9-13;1-10(2)11(13)6-9-12-7-4-3-5-8-12;1-9(2)10(13)8-12-6-4-11(3)5-7-12;1-9(2)10(12)8-11-6-4-3-5-7-11/h12H,4-11H2,1-3H3;11H,4-10H2,1-3H3;11H,3-10H2,1-2H3;11H,3-10H2,1-2H3;10H,4-9H2,1-3H3;10H,3-9H2,1-2H3;9H,4-8H2,1-3H3;9H,3-8H2,1-2H3. The first-order chi connectivity index (χ1) is 53.2. The number of ether oxygens (including phenoxy) is 1. The van der Waals surface area contributed by atoms with E-state index in [2.05, 4.69) is 87.0 Å². The van der Waals surface area contributed by atoms with Crippen LogP contribution < -0.4 is 0 Å². The van der Waals surface area contributed by atoms with Gasteiger partial charge < -0.3 is 48.8 Å². The fourth-order valence-corrected chi connectivity index (χ4v) is 13.8. The zero-order valence-corrected chi connectivity index (χ0v) is 76.6. The normalized spacial score (nSPS) is 19.5. The van der Waals surface area contributed by atoms with Crippen LogP contribution >= 0.6 is 0 Å². The largest absolute Gasteiger partial charge is 0.379 e. The fourth-order valence-electron chi connectivity index (χ4n) is 13.8. The predicted molar refractivity (Wildman–Crippen MR) is 468 cm³/mol. The summed E-state index contributed by atoms with van der Waals surface area (Å²) in [5, 5.41) is 0. The third-order valence-corrected chi connectivity index (χ3v) is 23.2. The van der Waals surface area contributed by atoms with Crippen LogP contribution in [0.15, 0.2) is 0 Å². The molecule has 0 radical (unpaired) electrons. The highest BCUT2D eigenvalue weighted by Gasteiger charge is 2.22. The van der Waals surface area contributed by atoms with E-state index in [-0.39, 0.29) is 47.3 Å². The zero-order valence-electron chi connectivity index (χ0n) is 76.6. The summed E-state index contributed by atoms with van der Waals surface area (Å²) < 4.78 is 5.28. The van der Waals surface area contributed by atoms with Gasteiger partial charge in [-0.15, -0.1) is 0 Å². The number of hydrogen-bond donors (Lipinski definition) is 0. The number of piperazine rings is 4. The first-order valence-corrected chi connectivity index (χ1v) is 45.5. The Morgan fingerprint density at radius 3 is 0.679 bits per heavy atom. The highest BCUT2D eigenvalue weighted by molar-refractivity contribution is 5.83. The van der Waals surface area contributed by atoms with Crippen LogP contribution in [-0.2, 0) is 43.1 Å². The SMILES string of the molecule is CC(C)C(=O)CCCCN1CCN(C)CC1.CC(C)C(=O)CCCCN1CCOCC1.CC(C)C(=O)CCCN1CCCCC1.CC(C)C(=O)CCCN1CCN(C)CC1.CC(C)C(=O)CCN1CCCCC1.CC(C)C(=O)CCN1CCN(C)CC1.CC(C)C(=O)CN1CCCCC1.CC(C)C(=O)CN1CCN(C)CC1. The number of piperidine rings is 3. The third kappa shape index (κ3) is 57.1. The minimum absolute atomic E-state index is 0.180. The number of nitrogens with zero attached hydrogens (tertiary/aromatic N) is 12. The van der Waals surface area contributed by atoms with Crippen LogP contribution in [0.4, 0.5) is 0 Å². The molecule has 8 saturated heterocycles. The molecule has 0 spiro atoms. The number of carbonyl (C=O) groups excluding carboxylic acids is 8. The predicted octanol–water partition coefficient (Wildman–Crippen LogP) is 12.2. The first kappa shape index (κ1) is 107. The maximum Gasteiger partial charge on any atom is 0.149 e. The van der Waals surface area contributed by atoms with Gasteiger partial charge in [-0.25, -0.2) is 0 Å². The Balaban J connectivity index is 0.000000641. The van der Waals surface area contributed by atoms with Gasteiger partial charge in [0.25, 0.3) is 0 Å². The zero-order chi connectivity index (χ0) is 83.8. The Morgan fingerprint density at radius 2 is 0.402 bits per heavy atom. The van der Waals surface area contributed by atoms with E-state index in [0.29, 0.717) is 59.4 Å². The highest BCUT2D eigenvalue weighted by Crippen LogP contribution is 2.16. The van der Waals surface area contributed by atoms with Gasteiger partial charge in [-0.1, -0.05) is 130 Å². The van der Waals surface area contributed by atoms with Crippen molar-refractivity contribution in [3.8, 4) is 0 Å². The average Bonchev–Trinajstić information content (AvgIpc) is 0.903. The molecule has 21 heteroatoms. The second-order valence-corrected chi connectivity index (χ2v) is 36.2. The quantitative estimate of drug-likeness (QED) is 0.0539. The van der Waals surface area contributed by atoms with Crippen molar-refractivity contribution in [3.63, 3.8) is 0 Å². The maximum atomic E-state index is 11.4. The summed E-state index contributed by atoms with van der Waals surface area (Å²) in [5.74, 6) is 4.82. The van der Waals surface area contributed by atoms with Crippen LogP contribution in [0.25, 0.3) is 0 Å². The lowest BCUT2D eigenvalue weighted by molar-refractivity contribution is -0.124. The molecule has 0 amide bonds. The Kier molecular flexibility index (Phi) is 62.7. The van der Waals surface area contributed by atoms with Gasteiger partial charge in [0, 0.05) is 217 Å². The lowest BCUT2D eigenvalue weighted by Crippen LogP contribution is -2.46. The average molecular weight is 1580 g/mol. The molecule has 8 aliphatic heterocycles. The van der Waals surface area contributed by atoms with Gasteiger partial charge in [0.15, 0.2) is 0 Å². The van der Waals surface area contributed by atoms with Gasteiger partial charge in [0.1, 0.15) is 46.3 Å². The van der Waals surface area contributed by atoms with E-state index in [0.717, 1.165) is 221 Å². The van der Waals surface area contributed by atoms with Crippen molar-refractivity contribution in [3.05, 3.63) is 0 Å². The molecule has 8 rings (SSSR count). The van der Waals surface area contributed by atoms with E-state index in [1.54, 1.807) is 0 Å². The summed E-state index contributed by atoms with van der Waals surface area (Å²) in [6.45, 7) is 68.6. The number of carbonyl (C=O) groups is 8. The van der Waals surface area contributed by atoms with E-state index in [1.807, 2.05) is 111 Å². The molecular weight excluding hydrogens is 1410 g/mol. The van der Waals surface area contributed by atoms with Crippen LogP contribution in [-0.4, -0.2) is 356 Å². The molecule has 0 unspecified atom stereocenters. The number of ketones is 8. The Hall–Kier alpha value is -3.16. The third-order valence-electron chi connectivity index (χ3n) is 23.2. The molecule has 0 aromatic heterocycles. The van der Waals surface area contributed by atoms with Gasteiger partial charge in [-0.2, -0.15) is 0 Å². The van der Waals surface area contributed by atoms with Crippen molar-refractivity contribution in [2.75, 3.05) is 251 Å². The summed E-state index contributed by atoms with van der Waals surface area (Å²) in [6.07, 6.45) is 23.0. The monoisotopic (exact) mass is 1580 g/mol. The van der Waals surface area contributed by atoms with Crippen molar-refractivity contribution in [1.29, 1.82) is 0 Å². The number of Topliss-reactive ketones (excluding diaryl/α,β-unsaturated/α-hetero) is 8. The van der Waals surface area contributed by atoms with Crippen LogP contribution in [0.3, 0.4) is 0 Å². The van der Waals surface area contributed by atoms with E-state index in [4.69, 9.17) is 4.74 Å². The van der Waals surface area contributed by atoms with Crippen molar-refractivity contribution in [2.45, 2.75) is 246 Å². The van der Waals surface area contributed by atoms with E-state index in [1.165, 1.54) is 123 Å². The van der Waals surface area contributed by atoms with Crippen LogP contribution in [0.5, 0.6) is 0 Å². The lowest BCUT2D eigenvalue weighted by Gasteiger charge is -2.32. The molecule has 656 valence electrons. The second kappa shape index (κ2) is 65.7. The van der Waals surface area contributed by atoms with Crippen molar-refractivity contribution in [1.82, 2.24) is 58.8 Å². The number of morpholine rings is 1. The van der Waals surface area contributed by atoms with Gasteiger partial charge >= 0.3 is 0 Å². The Bertz CT molecular complexity index is 2410. The van der Waals surface area contributed by atoms with Crippen LogP contribution in [0.2, 0.25) is 0 Å². The van der Waals surface area contributed by atoms with E-state index < -0.39 is 0 Å². The number of rotatable bonds is 36. The van der Waals surface area contributed by atoms with Gasteiger partial charge in [-0.05, 0) is 171 Å². The smallest absolute Gasteiger partial charge is 0.149 e. The van der Waals surface area contributed by atoms with Crippen molar-refractivity contribution < 1.29 is 43.1 Å². The molecular formula is C91H178N12O9. The molecule has 8 aliphatic rings. The molecule has 21 nitrogen and oxygen atoms in total. The summed E-state index contributed by atoms with van der Waals surface area (Å²) >= 11 is 0. The molecule has 0 aromatic rings. The molecule has 0 bridgehead atoms. The topological polar surface area (TPSA) is 185 Å². The number of likely N-dealkylation sites (tertiary alicyclic amines) is 3. The number of unbranched alkanes of at least 4 members (excludes halogenated alkanes) is 2. The minimum atomic E-state index is 0.180. The maximum absolute atomic E-state index is 11.4. The summed E-state index contributed by atoms with van der Waals surface area (Å²) in [6, 6.07) is 0. The lowest BCUT2D eigenvalue weighted by atomic mass is 10.0. The van der Waals surface area contributed by atoms with E-state index in [9.17, 15) is 38.4 Å². The van der Waals surface area contributed by atoms with Gasteiger partial charge in [-0.3, -0.25) is 53.1 Å². The summed E-state index contributed by atoms with van der Waals surface area (Å²) in [7, 11) is 8.62. The molecule has 0 N–H and O–H groups in total. The van der Waals surface area contributed by atoms with Gasteiger partial charge in [0.05, 0.1) is 26.3 Å². The van der Waals surface area contributed by atoms with Gasteiger partial charge in [0.2, 0.25) is 0 Å². The van der Waals surface area contributed by atoms with Crippen molar-refractivity contribution >= 4 is 46.3 Å². The van der Waals surface area contributed by atoms with Crippen molar-refractivity contribution in [2.24, 2.45) is 47.3 Å². The molecule has 0 atom stereocenters.